The van der Waals surface area contributed by atoms with E-state index in [9.17, 15) is 5.11 Å². The maximum Gasteiger partial charge on any atom is 0.128 e. The van der Waals surface area contributed by atoms with E-state index in [0.29, 0.717) is 6.61 Å². The van der Waals surface area contributed by atoms with Crippen LogP contribution in [0.15, 0.2) is 53.0 Å². The van der Waals surface area contributed by atoms with Crippen LogP contribution in [0.4, 0.5) is 0 Å². The summed E-state index contributed by atoms with van der Waals surface area (Å²) in [7, 11) is 0. The van der Waals surface area contributed by atoms with E-state index in [1.165, 1.54) is 0 Å². The molecule has 0 aliphatic carbocycles. The Labute approximate surface area is 119 Å². The number of rotatable bonds is 3. The molecule has 0 amide bonds. The molecule has 0 unspecified atom stereocenters. The van der Waals surface area contributed by atoms with E-state index < -0.39 is 0 Å². The largest absolute Gasteiger partial charge is 0.508 e. The van der Waals surface area contributed by atoms with Crippen molar-refractivity contribution in [3.63, 3.8) is 0 Å². The maximum absolute atomic E-state index is 9.20. The zero-order valence-corrected chi connectivity index (χ0v) is 11.6. The minimum atomic E-state index is 0.238. The van der Waals surface area contributed by atoms with Gasteiger partial charge in [-0.15, -0.1) is 0 Å². The average molecular weight is 318 g/mol. The second-order valence-corrected chi connectivity index (χ2v) is 5.13. The van der Waals surface area contributed by atoms with Crippen LogP contribution in [0.3, 0.4) is 0 Å². The van der Waals surface area contributed by atoms with Gasteiger partial charge in [0, 0.05) is 15.4 Å². The number of ether oxygens (including phenoxy) is 1. The molecule has 0 aliphatic rings. The Hall–Kier alpha value is -1.94. The highest BCUT2D eigenvalue weighted by Gasteiger charge is 2.04. The van der Waals surface area contributed by atoms with Crippen molar-refractivity contribution in [2.24, 2.45) is 0 Å². The normalized spacial score (nSPS) is 10.8. The molecule has 0 atom stereocenters. The highest BCUT2D eigenvalue weighted by molar-refractivity contribution is 9.10. The number of hydrogen-bond acceptors (Lipinski definition) is 2. The molecule has 0 saturated heterocycles. The van der Waals surface area contributed by atoms with Gasteiger partial charge in [0.1, 0.15) is 18.1 Å². The summed E-state index contributed by atoms with van der Waals surface area (Å²) in [5, 5.41) is 10.3. The third-order valence-corrected chi connectivity index (χ3v) is 3.59. The van der Waals surface area contributed by atoms with Crippen molar-refractivity contribution in [1.29, 1.82) is 0 Å². The minimum Gasteiger partial charge on any atom is -0.508 e. The molecule has 3 nitrogen and oxygen atoms in total. The van der Waals surface area contributed by atoms with Gasteiger partial charge in [0.05, 0.1) is 5.69 Å². The van der Waals surface area contributed by atoms with Crippen LogP contribution in [0.2, 0.25) is 0 Å². The van der Waals surface area contributed by atoms with Crippen molar-refractivity contribution in [3.8, 4) is 11.5 Å². The van der Waals surface area contributed by atoms with Crippen LogP contribution in [-0.4, -0.2) is 10.1 Å². The van der Waals surface area contributed by atoms with Gasteiger partial charge < -0.3 is 14.8 Å². The molecular formula is C15H12BrNO2. The second-order valence-electron chi connectivity index (χ2n) is 4.28. The molecule has 3 aromatic rings. The van der Waals surface area contributed by atoms with Gasteiger partial charge in [-0.2, -0.15) is 0 Å². The highest BCUT2D eigenvalue weighted by atomic mass is 79.9. The number of aromatic hydroxyl groups is 1. The van der Waals surface area contributed by atoms with Gasteiger partial charge in [0.15, 0.2) is 0 Å². The van der Waals surface area contributed by atoms with Gasteiger partial charge in [-0.05, 0) is 42.5 Å². The van der Waals surface area contributed by atoms with Crippen LogP contribution in [0.25, 0.3) is 10.9 Å². The molecule has 0 radical (unpaired) electrons. The predicted octanol–water partition coefficient (Wildman–Crippen LogP) is 4.22. The first-order valence-electron chi connectivity index (χ1n) is 5.90. The number of aromatic nitrogens is 1. The average Bonchev–Trinajstić information content (AvgIpc) is 2.83. The summed E-state index contributed by atoms with van der Waals surface area (Å²) in [5.41, 5.74) is 2.09. The summed E-state index contributed by atoms with van der Waals surface area (Å²) < 4.78 is 6.73. The molecule has 2 N–H and O–H groups in total. The third kappa shape index (κ3) is 2.58. The van der Waals surface area contributed by atoms with E-state index in [0.717, 1.165) is 26.8 Å². The molecule has 0 saturated carbocycles. The van der Waals surface area contributed by atoms with Gasteiger partial charge >= 0.3 is 0 Å². The summed E-state index contributed by atoms with van der Waals surface area (Å²) >= 11 is 3.53. The van der Waals surface area contributed by atoms with Gasteiger partial charge in [-0.25, -0.2) is 0 Å². The first-order valence-corrected chi connectivity index (χ1v) is 6.69. The number of phenols is 1. The standard InChI is InChI=1S/C15H12BrNO2/c16-14-2-1-3-15-13(14)8-10(17-15)9-19-12-6-4-11(18)5-7-12/h1-8,17-18H,9H2. The van der Waals surface area contributed by atoms with Gasteiger partial charge in [0.2, 0.25) is 0 Å². The van der Waals surface area contributed by atoms with Crippen molar-refractivity contribution in [1.82, 2.24) is 4.98 Å². The Morgan fingerprint density at radius 2 is 1.89 bits per heavy atom. The Morgan fingerprint density at radius 1 is 1.11 bits per heavy atom. The molecule has 1 aromatic heterocycles. The summed E-state index contributed by atoms with van der Waals surface area (Å²) in [6, 6.07) is 14.8. The first kappa shape index (κ1) is 12.1. The molecule has 1 heterocycles. The van der Waals surface area contributed by atoms with Crippen molar-refractivity contribution < 1.29 is 9.84 Å². The van der Waals surface area contributed by atoms with E-state index in [2.05, 4.69) is 27.0 Å². The fourth-order valence-electron chi connectivity index (χ4n) is 1.96. The number of nitrogens with one attached hydrogen (secondary N) is 1. The molecule has 0 fully saturated rings. The number of phenolic OH excluding ortho intramolecular Hbond substituents is 1. The van der Waals surface area contributed by atoms with Crippen molar-refractivity contribution >= 4 is 26.8 Å². The lowest BCUT2D eigenvalue weighted by Gasteiger charge is -2.04. The van der Waals surface area contributed by atoms with E-state index in [-0.39, 0.29) is 5.75 Å². The van der Waals surface area contributed by atoms with Crippen LogP contribution in [-0.2, 0) is 6.61 Å². The van der Waals surface area contributed by atoms with Crippen LogP contribution in [0, 0.1) is 0 Å². The topological polar surface area (TPSA) is 45.2 Å². The SMILES string of the molecule is Oc1ccc(OCc2cc3c(Br)cccc3[nH]2)cc1. The molecule has 19 heavy (non-hydrogen) atoms. The number of H-pyrrole nitrogens is 1. The monoisotopic (exact) mass is 317 g/mol. The van der Waals surface area contributed by atoms with Crippen molar-refractivity contribution in [3.05, 3.63) is 58.7 Å². The lowest BCUT2D eigenvalue weighted by Crippen LogP contribution is -1.94. The lowest BCUT2D eigenvalue weighted by molar-refractivity contribution is 0.302. The van der Waals surface area contributed by atoms with Crippen LogP contribution >= 0.6 is 15.9 Å². The quantitative estimate of drug-likeness (QED) is 0.759. The molecule has 3 rings (SSSR count). The molecule has 0 bridgehead atoms. The Morgan fingerprint density at radius 3 is 2.63 bits per heavy atom. The summed E-state index contributed by atoms with van der Waals surface area (Å²) in [6.45, 7) is 0.464. The predicted molar refractivity (Wildman–Crippen MR) is 78.4 cm³/mol. The smallest absolute Gasteiger partial charge is 0.128 e. The second kappa shape index (κ2) is 4.97. The Balaban J connectivity index is 1.78. The molecular weight excluding hydrogens is 306 g/mol. The number of fused-ring (bicyclic) bond motifs is 1. The molecule has 96 valence electrons. The number of hydrogen-bond donors (Lipinski definition) is 2. The van der Waals surface area contributed by atoms with Crippen molar-refractivity contribution in [2.75, 3.05) is 0 Å². The van der Waals surface area contributed by atoms with Crippen LogP contribution in [0.1, 0.15) is 5.69 Å². The Bertz CT molecular complexity index is 704. The zero-order chi connectivity index (χ0) is 13.2. The third-order valence-electron chi connectivity index (χ3n) is 2.90. The summed E-state index contributed by atoms with van der Waals surface area (Å²) in [4.78, 5) is 3.31. The van der Waals surface area contributed by atoms with Gasteiger partial charge in [-0.3, -0.25) is 0 Å². The fraction of sp³-hybridized carbons (Fsp3) is 0.0667. The zero-order valence-electron chi connectivity index (χ0n) is 10.1. The fourth-order valence-corrected chi connectivity index (χ4v) is 2.44. The van der Waals surface area contributed by atoms with E-state index in [4.69, 9.17) is 4.74 Å². The lowest BCUT2D eigenvalue weighted by atomic mass is 10.2. The number of aromatic amines is 1. The minimum absolute atomic E-state index is 0.238. The Kier molecular flexibility index (Phi) is 3.17. The molecule has 0 aliphatic heterocycles. The summed E-state index contributed by atoms with van der Waals surface area (Å²) in [6.07, 6.45) is 0. The summed E-state index contributed by atoms with van der Waals surface area (Å²) in [5.74, 6) is 0.970. The number of benzene rings is 2. The first-order chi connectivity index (χ1) is 9.22. The van der Waals surface area contributed by atoms with Crippen LogP contribution in [0.5, 0.6) is 11.5 Å². The van der Waals surface area contributed by atoms with E-state index in [1.54, 1.807) is 24.3 Å². The molecule has 2 aromatic carbocycles. The highest BCUT2D eigenvalue weighted by Crippen LogP contribution is 2.25. The maximum atomic E-state index is 9.20. The number of halogens is 1. The van der Waals surface area contributed by atoms with Gasteiger partial charge in [0.25, 0.3) is 0 Å². The van der Waals surface area contributed by atoms with E-state index >= 15 is 0 Å². The van der Waals surface area contributed by atoms with Gasteiger partial charge in [-0.1, -0.05) is 22.0 Å². The molecule has 4 heteroatoms. The van der Waals surface area contributed by atoms with Crippen LogP contribution < -0.4 is 4.74 Å². The van der Waals surface area contributed by atoms with E-state index in [1.807, 2.05) is 18.2 Å². The van der Waals surface area contributed by atoms with Crippen molar-refractivity contribution in [2.45, 2.75) is 6.61 Å². The molecule has 0 spiro atoms.